The Bertz CT molecular complexity index is 2820. The molecule has 1 saturated heterocycles. The average molecular weight is 979 g/mol. The van der Waals surface area contributed by atoms with Crippen molar-refractivity contribution in [3.8, 4) is 45.4 Å². The average Bonchev–Trinajstić information content (AvgIpc) is 4.10. The third kappa shape index (κ3) is 12.8. The topological polar surface area (TPSA) is 179 Å². The molecule has 4 aliphatic rings. The van der Waals surface area contributed by atoms with E-state index >= 15 is 0 Å². The predicted octanol–water partition coefficient (Wildman–Crippen LogP) is 7.92. The number of ether oxygens (including phenoxy) is 10. The van der Waals surface area contributed by atoms with Gasteiger partial charge >= 0.3 is 0 Å². The first-order chi connectivity index (χ1) is 35.4. The van der Waals surface area contributed by atoms with E-state index in [9.17, 15) is 0 Å². The van der Waals surface area contributed by atoms with Gasteiger partial charge in [-0.15, -0.1) is 10.2 Å². The van der Waals surface area contributed by atoms with Gasteiger partial charge < -0.3 is 47.4 Å². The summed E-state index contributed by atoms with van der Waals surface area (Å²) in [6.45, 7) is 10.8. The van der Waals surface area contributed by atoms with Crippen molar-refractivity contribution in [1.82, 2.24) is 40.0 Å². The summed E-state index contributed by atoms with van der Waals surface area (Å²) in [5.41, 5.74) is 8.86. The van der Waals surface area contributed by atoms with E-state index in [4.69, 9.17) is 57.3 Å². The molecule has 1 fully saturated rings. The number of pyridine rings is 2. The van der Waals surface area contributed by atoms with Crippen LogP contribution in [0, 0.1) is 5.41 Å². The zero-order chi connectivity index (χ0) is 49.0. The van der Waals surface area contributed by atoms with Gasteiger partial charge in [-0.1, -0.05) is 48.5 Å². The lowest BCUT2D eigenvalue weighted by molar-refractivity contribution is -0.226. The Morgan fingerprint density at radius 2 is 0.861 bits per heavy atom. The van der Waals surface area contributed by atoms with Gasteiger partial charge in [0.05, 0.1) is 139 Å². The fourth-order valence-electron chi connectivity index (χ4n) is 8.09. The third-order valence-corrected chi connectivity index (χ3v) is 11.9. The zero-order valence-corrected chi connectivity index (χ0v) is 40.5. The summed E-state index contributed by atoms with van der Waals surface area (Å²) in [6.07, 6.45) is 3.10. The molecule has 0 amide bonds. The second kappa shape index (κ2) is 23.7. The lowest BCUT2D eigenvalue weighted by Crippen LogP contribution is -2.33. The first-order valence-corrected chi connectivity index (χ1v) is 24.2. The van der Waals surface area contributed by atoms with Gasteiger partial charge in [-0.2, -0.15) is 0 Å². The molecule has 0 saturated carbocycles. The Morgan fingerprint density at radius 1 is 0.458 bits per heavy atom. The van der Waals surface area contributed by atoms with Crippen LogP contribution in [0.4, 0.5) is 0 Å². The van der Waals surface area contributed by atoms with Crippen molar-refractivity contribution in [2.24, 2.45) is 5.41 Å². The van der Waals surface area contributed by atoms with Crippen LogP contribution < -0.4 is 9.47 Å². The van der Waals surface area contributed by atoms with Crippen molar-refractivity contribution in [2.45, 2.75) is 33.4 Å². The standard InChI is InChI=1S/C54H58N8O10/c1-54(2)36-71-53(72-37-54)42-29-45-31-46(30-42)62-33-44(58-60-62)35-68-24-22-64-18-20-66-26-28-70-48-13-7-39(8-14-48)50-16-10-41-4-3-40-9-15-49(55-51(40)52(41)56-50)38-5-11-47(12-6-38)69-27-25-65-19-17-63-21-23-67-34-43-32-61(45)59-57-43/h3-16,29-33,53H,17-28,34-37H2,1-2H3. The van der Waals surface area contributed by atoms with Crippen LogP contribution in [-0.2, 0) is 51.1 Å². The smallest absolute Gasteiger partial charge is 0.183 e. The van der Waals surface area contributed by atoms with Crippen LogP contribution in [0.2, 0.25) is 0 Å². The maximum Gasteiger partial charge on any atom is 0.183 e. The number of hydrogen-bond donors (Lipinski definition) is 0. The van der Waals surface area contributed by atoms with Gasteiger partial charge in [0, 0.05) is 32.9 Å². The fourth-order valence-corrected chi connectivity index (χ4v) is 8.09. The van der Waals surface area contributed by atoms with Crippen molar-refractivity contribution >= 4 is 21.8 Å². The summed E-state index contributed by atoms with van der Waals surface area (Å²) in [7, 11) is 0. The molecule has 0 N–H and O–H groups in total. The molecule has 12 rings (SSSR count). The molecule has 8 aromatic rings. The van der Waals surface area contributed by atoms with E-state index < -0.39 is 6.29 Å². The largest absolute Gasteiger partial charge is 0.491 e. The summed E-state index contributed by atoms with van der Waals surface area (Å²) >= 11 is 0. The Kier molecular flexibility index (Phi) is 16.1. The van der Waals surface area contributed by atoms with E-state index in [1.165, 1.54) is 0 Å². The molecule has 4 aromatic carbocycles. The minimum absolute atomic E-state index is 0.0897. The summed E-state index contributed by atoms with van der Waals surface area (Å²) in [5, 5.41) is 19.6. The Morgan fingerprint density at radius 3 is 1.31 bits per heavy atom. The van der Waals surface area contributed by atoms with E-state index in [0.29, 0.717) is 104 Å². The number of aromatic nitrogens is 8. The normalized spacial score (nSPS) is 17.6. The molecular weight excluding hydrogens is 921 g/mol. The van der Waals surface area contributed by atoms with Gasteiger partial charge in [-0.3, -0.25) is 0 Å². The Balaban J connectivity index is 0.772. The molecule has 4 aliphatic heterocycles. The molecule has 374 valence electrons. The van der Waals surface area contributed by atoms with Crippen LogP contribution in [0.5, 0.6) is 11.5 Å². The molecule has 14 bridgehead atoms. The van der Waals surface area contributed by atoms with Crippen molar-refractivity contribution < 1.29 is 47.4 Å². The number of fused-ring (bicyclic) bond motifs is 2. The Labute approximate surface area is 417 Å². The minimum Gasteiger partial charge on any atom is -0.491 e. The molecule has 18 nitrogen and oxygen atoms in total. The maximum absolute atomic E-state index is 6.17. The second-order valence-electron chi connectivity index (χ2n) is 18.1. The van der Waals surface area contributed by atoms with Gasteiger partial charge in [-0.05, 0) is 78.9 Å². The van der Waals surface area contributed by atoms with Crippen molar-refractivity contribution in [3.63, 3.8) is 0 Å². The molecule has 0 spiro atoms. The fraction of sp³-hybridized carbons (Fsp3) is 0.370. The van der Waals surface area contributed by atoms with Gasteiger partial charge in [0.2, 0.25) is 0 Å². The van der Waals surface area contributed by atoms with E-state index in [1.54, 1.807) is 9.36 Å². The first kappa shape index (κ1) is 48.9. The van der Waals surface area contributed by atoms with Crippen LogP contribution in [0.3, 0.4) is 0 Å². The highest BCUT2D eigenvalue weighted by molar-refractivity contribution is 6.04. The van der Waals surface area contributed by atoms with E-state index in [1.807, 2.05) is 91.3 Å². The number of nitrogens with zero attached hydrogens (tertiary/aromatic N) is 8. The lowest BCUT2D eigenvalue weighted by atomic mass is 9.95. The molecule has 4 aromatic heterocycles. The quantitative estimate of drug-likeness (QED) is 0.145. The van der Waals surface area contributed by atoms with E-state index in [-0.39, 0.29) is 18.6 Å². The van der Waals surface area contributed by atoms with Crippen LogP contribution >= 0.6 is 0 Å². The molecule has 72 heavy (non-hydrogen) atoms. The van der Waals surface area contributed by atoms with Gasteiger partial charge in [-0.25, -0.2) is 19.3 Å². The van der Waals surface area contributed by atoms with Gasteiger partial charge in [0.25, 0.3) is 0 Å². The van der Waals surface area contributed by atoms with Crippen molar-refractivity contribution in [2.75, 3.05) is 92.5 Å². The SMILES string of the molecule is CC1(C)COC(c2cc3cc(c2)-n2cc(nn2)COCCOCCOCCOc2ccc(cc2)-c2ccc4ccc5ccc(nc5c4n2)-c2ccc(cc2)OCCOCCOCCOCc2cn-3nn2)OC1. The summed E-state index contributed by atoms with van der Waals surface area (Å²) < 4.78 is 62.4. The van der Waals surface area contributed by atoms with Crippen LogP contribution in [0.15, 0.2) is 116 Å². The molecule has 0 atom stereocenters. The predicted molar refractivity (Wildman–Crippen MR) is 266 cm³/mol. The first-order valence-electron chi connectivity index (χ1n) is 24.2. The monoisotopic (exact) mass is 978 g/mol. The summed E-state index contributed by atoms with van der Waals surface area (Å²) in [4.78, 5) is 10.2. The van der Waals surface area contributed by atoms with Crippen molar-refractivity contribution in [1.29, 1.82) is 0 Å². The summed E-state index contributed by atoms with van der Waals surface area (Å²) in [5.74, 6) is 1.49. The Hall–Kier alpha value is -6.74. The number of hydrogen-bond acceptors (Lipinski definition) is 16. The minimum atomic E-state index is -0.565. The van der Waals surface area contributed by atoms with Crippen LogP contribution in [0.25, 0.3) is 55.7 Å². The highest BCUT2D eigenvalue weighted by Gasteiger charge is 2.30. The molecule has 0 aliphatic carbocycles. The second-order valence-corrected chi connectivity index (χ2v) is 18.1. The molecule has 8 heterocycles. The third-order valence-electron chi connectivity index (χ3n) is 11.9. The van der Waals surface area contributed by atoms with Gasteiger partial charge in [0.1, 0.15) is 36.1 Å². The zero-order valence-electron chi connectivity index (χ0n) is 40.5. The maximum atomic E-state index is 6.17. The molecule has 0 radical (unpaired) electrons. The van der Waals surface area contributed by atoms with Crippen LogP contribution in [-0.4, -0.2) is 132 Å². The molecular formula is C54H58N8O10. The highest BCUT2D eigenvalue weighted by atomic mass is 16.7. The molecule has 0 unspecified atom stereocenters. The number of rotatable bonds is 1. The summed E-state index contributed by atoms with van der Waals surface area (Å²) in [6, 6.07) is 34.2. The van der Waals surface area contributed by atoms with E-state index in [2.05, 4.69) is 58.7 Å². The lowest BCUT2D eigenvalue weighted by Gasteiger charge is -2.34. The number of benzene rings is 4. The van der Waals surface area contributed by atoms with E-state index in [0.717, 1.165) is 72.8 Å². The van der Waals surface area contributed by atoms with Gasteiger partial charge in [0.15, 0.2) is 6.29 Å². The van der Waals surface area contributed by atoms with Crippen molar-refractivity contribution in [3.05, 3.63) is 132 Å². The molecule has 18 heteroatoms. The van der Waals surface area contributed by atoms with Crippen LogP contribution in [0.1, 0.15) is 37.1 Å². The highest BCUT2D eigenvalue weighted by Crippen LogP contribution is 2.34.